The molecule has 1 aromatic rings. The molecule has 0 bridgehead atoms. The highest BCUT2D eigenvalue weighted by Gasteiger charge is 2.29. The summed E-state index contributed by atoms with van der Waals surface area (Å²) < 4.78 is 0. The number of nitrogens with one attached hydrogen (secondary N) is 1. The molecule has 0 unspecified atom stereocenters. The summed E-state index contributed by atoms with van der Waals surface area (Å²) in [7, 11) is 0. The summed E-state index contributed by atoms with van der Waals surface area (Å²) in [5.74, 6) is 0.722. The fourth-order valence-corrected chi connectivity index (χ4v) is 2.37. The van der Waals surface area contributed by atoms with E-state index in [0.717, 1.165) is 18.8 Å². The van der Waals surface area contributed by atoms with Crippen molar-refractivity contribution in [2.24, 2.45) is 5.92 Å². The molecule has 1 aromatic carbocycles. The van der Waals surface area contributed by atoms with Gasteiger partial charge < -0.3 is 11.1 Å². The second-order valence-electron chi connectivity index (χ2n) is 6.04. The highest BCUT2D eigenvalue weighted by Crippen LogP contribution is 2.27. The molecule has 1 aliphatic rings. The van der Waals surface area contributed by atoms with Crippen molar-refractivity contribution in [1.29, 1.82) is 0 Å². The SMILES string of the molecule is CC(C)CN(CCC(=O)Nc1ccc(N)cc1)C1CC1. The van der Waals surface area contributed by atoms with Gasteiger partial charge >= 0.3 is 0 Å². The van der Waals surface area contributed by atoms with Crippen molar-refractivity contribution in [3.63, 3.8) is 0 Å². The van der Waals surface area contributed by atoms with Gasteiger partial charge in [-0.3, -0.25) is 9.69 Å². The Morgan fingerprint density at radius 2 is 2.00 bits per heavy atom. The summed E-state index contributed by atoms with van der Waals surface area (Å²) in [5, 5.41) is 2.92. The van der Waals surface area contributed by atoms with Crippen molar-refractivity contribution in [2.45, 2.75) is 39.2 Å². The van der Waals surface area contributed by atoms with Crippen molar-refractivity contribution in [2.75, 3.05) is 24.1 Å². The molecule has 0 aliphatic heterocycles. The van der Waals surface area contributed by atoms with E-state index in [1.807, 2.05) is 12.1 Å². The van der Waals surface area contributed by atoms with Crippen LogP contribution in [-0.2, 0) is 4.79 Å². The molecule has 0 radical (unpaired) electrons. The zero-order chi connectivity index (χ0) is 14.5. The molecule has 20 heavy (non-hydrogen) atoms. The smallest absolute Gasteiger partial charge is 0.225 e. The number of carbonyl (C=O) groups excluding carboxylic acids is 1. The van der Waals surface area contributed by atoms with Crippen LogP contribution in [0.25, 0.3) is 0 Å². The molecule has 1 saturated carbocycles. The molecule has 4 heteroatoms. The van der Waals surface area contributed by atoms with Crippen molar-refractivity contribution in [1.82, 2.24) is 4.90 Å². The largest absolute Gasteiger partial charge is 0.399 e. The monoisotopic (exact) mass is 275 g/mol. The van der Waals surface area contributed by atoms with Gasteiger partial charge in [0.05, 0.1) is 0 Å². The van der Waals surface area contributed by atoms with Crippen molar-refractivity contribution in [3.05, 3.63) is 24.3 Å². The van der Waals surface area contributed by atoms with Crippen LogP contribution >= 0.6 is 0 Å². The zero-order valence-corrected chi connectivity index (χ0v) is 12.4. The highest BCUT2D eigenvalue weighted by atomic mass is 16.1. The Morgan fingerprint density at radius 1 is 1.35 bits per heavy atom. The normalized spacial score (nSPS) is 14.8. The van der Waals surface area contributed by atoms with Crippen LogP contribution in [0.5, 0.6) is 0 Å². The Hall–Kier alpha value is -1.55. The van der Waals surface area contributed by atoms with Gasteiger partial charge in [0.25, 0.3) is 0 Å². The maximum absolute atomic E-state index is 12.0. The fraction of sp³-hybridized carbons (Fsp3) is 0.562. The number of carbonyl (C=O) groups is 1. The average Bonchev–Trinajstić information content (AvgIpc) is 3.21. The molecule has 4 nitrogen and oxygen atoms in total. The Bertz CT molecular complexity index is 438. The van der Waals surface area contributed by atoms with Crippen molar-refractivity contribution in [3.8, 4) is 0 Å². The minimum Gasteiger partial charge on any atom is -0.399 e. The Morgan fingerprint density at radius 3 is 2.55 bits per heavy atom. The number of hydrogen-bond acceptors (Lipinski definition) is 3. The third kappa shape index (κ3) is 4.85. The van der Waals surface area contributed by atoms with E-state index < -0.39 is 0 Å². The van der Waals surface area contributed by atoms with Crippen LogP contribution in [0.1, 0.15) is 33.1 Å². The average molecular weight is 275 g/mol. The molecule has 0 heterocycles. The van der Waals surface area contributed by atoms with Gasteiger partial charge in [-0.2, -0.15) is 0 Å². The summed E-state index contributed by atoms with van der Waals surface area (Å²) in [5.41, 5.74) is 7.14. The highest BCUT2D eigenvalue weighted by molar-refractivity contribution is 5.90. The maximum atomic E-state index is 12.0. The first-order chi connectivity index (χ1) is 9.54. The topological polar surface area (TPSA) is 58.4 Å². The summed E-state index contributed by atoms with van der Waals surface area (Å²) in [6.07, 6.45) is 3.12. The summed E-state index contributed by atoms with van der Waals surface area (Å²) >= 11 is 0. The molecule has 1 aliphatic carbocycles. The van der Waals surface area contributed by atoms with Crippen molar-refractivity contribution >= 4 is 17.3 Å². The lowest BCUT2D eigenvalue weighted by molar-refractivity contribution is -0.116. The Kier molecular flexibility index (Phi) is 5.01. The lowest BCUT2D eigenvalue weighted by Crippen LogP contribution is -2.33. The van der Waals surface area contributed by atoms with Gasteiger partial charge in [-0.05, 0) is 43.0 Å². The molecule has 0 saturated heterocycles. The maximum Gasteiger partial charge on any atom is 0.225 e. The Labute approximate surface area is 121 Å². The van der Waals surface area contributed by atoms with Gasteiger partial charge in [-0.25, -0.2) is 0 Å². The first kappa shape index (κ1) is 14.9. The number of nitrogens with zero attached hydrogens (tertiary/aromatic N) is 1. The number of amides is 1. The number of anilines is 2. The quantitative estimate of drug-likeness (QED) is 0.752. The number of hydrogen-bond donors (Lipinski definition) is 2. The number of benzene rings is 1. The van der Waals surface area contributed by atoms with Gasteiger partial charge in [0, 0.05) is 36.9 Å². The molecule has 1 amide bonds. The number of nitrogens with two attached hydrogens (primary N) is 1. The van der Waals surface area contributed by atoms with Gasteiger partial charge in [0.2, 0.25) is 5.91 Å². The second-order valence-corrected chi connectivity index (χ2v) is 6.04. The van der Waals surface area contributed by atoms with E-state index in [1.165, 1.54) is 12.8 Å². The van der Waals surface area contributed by atoms with Crippen LogP contribution in [-0.4, -0.2) is 29.9 Å². The molecular weight excluding hydrogens is 250 g/mol. The van der Waals surface area contributed by atoms with Gasteiger partial charge in [-0.1, -0.05) is 13.8 Å². The molecule has 1 fully saturated rings. The Balaban J connectivity index is 1.77. The fourth-order valence-electron chi connectivity index (χ4n) is 2.37. The molecule has 0 spiro atoms. The predicted octanol–water partition coefficient (Wildman–Crippen LogP) is 2.72. The van der Waals surface area contributed by atoms with Crippen LogP contribution in [0.2, 0.25) is 0 Å². The third-order valence-electron chi connectivity index (χ3n) is 3.48. The molecule has 3 N–H and O–H groups in total. The first-order valence-electron chi connectivity index (χ1n) is 7.44. The van der Waals surface area contributed by atoms with Crippen LogP contribution in [0.3, 0.4) is 0 Å². The van der Waals surface area contributed by atoms with Gasteiger partial charge in [0.1, 0.15) is 0 Å². The molecule has 110 valence electrons. The standard InChI is InChI=1S/C16H25N3O/c1-12(2)11-19(15-7-8-15)10-9-16(20)18-14-5-3-13(17)4-6-14/h3-6,12,15H,7-11,17H2,1-2H3,(H,18,20). The van der Waals surface area contributed by atoms with E-state index >= 15 is 0 Å². The summed E-state index contributed by atoms with van der Waals surface area (Å²) in [6.45, 7) is 6.39. The molecular formula is C16H25N3O. The zero-order valence-electron chi connectivity index (χ0n) is 12.4. The minimum absolute atomic E-state index is 0.0733. The third-order valence-corrected chi connectivity index (χ3v) is 3.48. The number of rotatable bonds is 7. The summed E-state index contributed by atoms with van der Waals surface area (Å²) in [6, 6.07) is 7.97. The van der Waals surface area contributed by atoms with E-state index in [-0.39, 0.29) is 5.91 Å². The van der Waals surface area contributed by atoms with Crippen LogP contribution in [0, 0.1) is 5.92 Å². The van der Waals surface area contributed by atoms with Crippen LogP contribution in [0.4, 0.5) is 11.4 Å². The lowest BCUT2D eigenvalue weighted by Gasteiger charge is -2.23. The number of nitrogen functional groups attached to an aromatic ring is 1. The van der Waals surface area contributed by atoms with E-state index in [0.29, 0.717) is 24.1 Å². The lowest BCUT2D eigenvalue weighted by atomic mass is 10.2. The second kappa shape index (κ2) is 6.75. The van der Waals surface area contributed by atoms with E-state index in [2.05, 4.69) is 24.1 Å². The summed E-state index contributed by atoms with van der Waals surface area (Å²) in [4.78, 5) is 14.4. The minimum atomic E-state index is 0.0733. The molecule has 0 atom stereocenters. The van der Waals surface area contributed by atoms with Crippen LogP contribution < -0.4 is 11.1 Å². The molecule has 0 aromatic heterocycles. The van der Waals surface area contributed by atoms with E-state index in [4.69, 9.17) is 5.73 Å². The van der Waals surface area contributed by atoms with Crippen LogP contribution in [0.15, 0.2) is 24.3 Å². The van der Waals surface area contributed by atoms with E-state index in [9.17, 15) is 4.79 Å². The predicted molar refractivity (Wildman–Crippen MR) is 83.5 cm³/mol. The molecule has 2 rings (SSSR count). The van der Waals surface area contributed by atoms with E-state index in [1.54, 1.807) is 12.1 Å². The van der Waals surface area contributed by atoms with Gasteiger partial charge in [0.15, 0.2) is 0 Å². The van der Waals surface area contributed by atoms with Gasteiger partial charge in [-0.15, -0.1) is 0 Å². The first-order valence-corrected chi connectivity index (χ1v) is 7.44. The van der Waals surface area contributed by atoms with Crippen molar-refractivity contribution < 1.29 is 4.79 Å².